The minimum atomic E-state index is 0.134. The van der Waals surface area contributed by atoms with Crippen molar-refractivity contribution in [2.45, 2.75) is 32.1 Å². The van der Waals surface area contributed by atoms with Crippen LogP contribution < -0.4 is 5.32 Å². The Balaban J connectivity index is 1.87. The topological polar surface area (TPSA) is 29.1 Å². The molecule has 0 unspecified atom stereocenters. The number of piperidine rings is 1. The number of rotatable bonds is 0. The van der Waals surface area contributed by atoms with E-state index < -0.39 is 0 Å². The molecule has 1 amide bonds. The normalized spacial score (nSPS) is 35.5. The summed E-state index contributed by atoms with van der Waals surface area (Å²) in [5, 5.41) is 3.05. The molecule has 2 nitrogen and oxygen atoms in total. The van der Waals surface area contributed by atoms with E-state index in [1.54, 1.807) is 0 Å². The monoisotopic (exact) mass is 151 g/mol. The lowest BCUT2D eigenvalue weighted by molar-refractivity contribution is -0.129. The molecule has 0 aromatic carbocycles. The Hall–Kier alpha value is -0.530. The molecule has 0 radical (unpaired) electrons. The Bertz CT molecular complexity index is 226. The zero-order valence-electron chi connectivity index (χ0n) is 6.65. The van der Waals surface area contributed by atoms with Crippen LogP contribution in [0.2, 0.25) is 0 Å². The van der Waals surface area contributed by atoms with Crippen LogP contribution in [0.5, 0.6) is 0 Å². The van der Waals surface area contributed by atoms with Crippen molar-refractivity contribution in [2.75, 3.05) is 6.54 Å². The first-order valence-electron chi connectivity index (χ1n) is 4.53. The van der Waals surface area contributed by atoms with Crippen molar-refractivity contribution < 1.29 is 4.79 Å². The average Bonchev–Trinajstić information content (AvgIpc) is 2.86. The molecule has 0 aromatic rings. The molecule has 0 atom stereocenters. The molecule has 2 heteroatoms. The summed E-state index contributed by atoms with van der Waals surface area (Å²) in [4.78, 5) is 11.4. The van der Waals surface area contributed by atoms with Crippen LogP contribution >= 0.6 is 0 Å². The summed E-state index contributed by atoms with van der Waals surface area (Å²) in [5.74, 6) is 0.343. The van der Waals surface area contributed by atoms with Gasteiger partial charge < -0.3 is 5.32 Å². The van der Waals surface area contributed by atoms with Gasteiger partial charge in [-0.2, -0.15) is 0 Å². The van der Waals surface area contributed by atoms with E-state index in [9.17, 15) is 4.79 Å². The zero-order valence-corrected chi connectivity index (χ0v) is 6.65. The van der Waals surface area contributed by atoms with Gasteiger partial charge in [-0.15, -0.1) is 0 Å². The quantitative estimate of drug-likeness (QED) is 0.551. The smallest absolute Gasteiger partial charge is 0.226 e. The third kappa shape index (κ3) is 0.700. The number of hydrogen-bond acceptors (Lipinski definition) is 1. The van der Waals surface area contributed by atoms with Crippen molar-refractivity contribution in [3.63, 3.8) is 0 Å². The average molecular weight is 151 g/mol. The molecule has 60 valence electrons. The van der Waals surface area contributed by atoms with Crippen molar-refractivity contribution in [3.8, 4) is 0 Å². The van der Waals surface area contributed by atoms with Gasteiger partial charge in [0.25, 0.3) is 0 Å². The van der Waals surface area contributed by atoms with Crippen LogP contribution in [-0.2, 0) is 4.79 Å². The molecule has 1 heterocycles. The highest BCUT2D eigenvalue weighted by molar-refractivity contribution is 5.86. The minimum absolute atomic E-state index is 0.134. The third-order valence-electron chi connectivity index (χ3n) is 3.63. The lowest BCUT2D eigenvalue weighted by atomic mass is 9.85. The van der Waals surface area contributed by atoms with Crippen molar-refractivity contribution in [2.24, 2.45) is 10.8 Å². The van der Waals surface area contributed by atoms with Crippen LogP contribution in [-0.4, -0.2) is 12.5 Å². The van der Waals surface area contributed by atoms with Crippen molar-refractivity contribution in [3.05, 3.63) is 0 Å². The van der Waals surface area contributed by atoms with E-state index in [2.05, 4.69) is 5.32 Å². The van der Waals surface area contributed by atoms with Crippen LogP contribution in [0, 0.1) is 10.8 Å². The Labute approximate surface area is 66.4 Å². The SMILES string of the molecule is O=C1NCC2(CC2)CC12CC2. The highest BCUT2D eigenvalue weighted by atomic mass is 16.2. The lowest BCUT2D eigenvalue weighted by Gasteiger charge is -2.28. The van der Waals surface area contributed by atoms with Crippen molar-refractivity contribution >= 4 is 5.91 Å². The molecule has 11 heavy (non-hydrogen) atoms. The summed E-state index contributed by atoms with van der Waals surface area (Å²) in [6.07, 6.45) is 6.22. The highest BCUT2D eigenvalue weighted by Crippen LogP contribution is 2.63. The number of carbonyl (C=O) groups excluding carboxylic acids is 1. The fraction of sp³-hybridized carbons (Fsp3) is 0.889. The molecule has 2 aliphatic carbocycles. The van der Waals surface area contributed by atoms with E-state index in [0.717, 1.165) is 19.4 Å². The van der Waals surface area contributed by atoms with Gasteiger partial charge in [0.15, 0.2) is 0 Å². The summed E-state index contributed by atoms with van der Waals surface area (Å²) < 4.78 is 0. The van der Waals surface area contributed by atoms with Crippen LogP contribution in [0.15, 0.2) is 0 Å². The molecule has 2 saturated carbocycles. The molecular weight excluding hydrogens is 138 g/mol. The zero-order chi connectivity index (χ0) is 7.53. The van der Waals surface area contributed by atoms with E-state index in [-0.39, 0.29) is 5.41 Å². The van der Waals surface area contributed by atoms with E-state index >= 15 is 0 Å². The molecule has 2 spiro atoms. The number of hydrogen-bond donors (Lipinski definition) is 1. The second-order valence-corrected chi connectivity index (χ2v) is 4.64. The van der Waals surface area contributed by atoms with Gasteiger partial charge in [0, 0.05) is 12.0 Å². The van der Waals surface area contributed by atoms with E-state index in [1.165, 1.54) is 19.3 Å². The molecule has 3 aliphatic rings. The fourth-order valence-corrected chi connectivity index (χ4v) is 2.40. The van der Waals surface area contributed by atoms with Gasteiger partial charge >= 0.3 is 0 Å². The Morgan fingerprint density at radius 1 is 1.18 bits per heavy atom. The lowest BCUT2D eigenvalue weighted by Crippen LogP contribution is -2.43. The summed E-state index contributed by atoms with van der Waals surface area (Å²) in [6.45, 7) is 0.966. The molecule has 0 bridgehead atoms. The highest BCUT2D eigenvalue weighted by Gasteiger charge is 2.60. The molecule has 1 N–H and O–H groups in total. The van der Waals surface area contributed by atoms with Crippen LogP contribution in [0.25, 0.3) is 0 Å². The van der Waals surface area contributed by atoms with Crippen molar-refractivity contribution in [1.82, 2.24) is 5.32 Å². The van der Waals surface area contributed by atoms with Gasteiger partial charge in [-0.05, 0) is 37.5 Å². The summed E-state index contributed by atoms with van der Waals surface area (Å²) in [7, 11) is 0. The van der Waals surface area contributed by atoms with Gasteiger partial charge in [0.05, 0.1) is 0 Å². The van der Waals surface area contributed by atoms with E-state index in [0.29, 0.717) is 11.3 Å². The summed E-state index contributed by atoms with van der Waals surface area (Å²) in [6, 6.07) is 0. The molecule has 0 aromatic heterocycles. The Morgan fingerprint density at radius 2 is 1.91 bits per heavy atom. The third-order valence-corrected chi connectivity index (χ3v) is 3.63. The second-order valence-electron chi connectivity index (χ2n) is 4.64. The molecule has 1 saturated heterocycles. The van der Waals surface area contributed by atoms with Crippen LogP contribution in [0.1, 0.15) is 32.1 Å². The Kier molecular flexibility index (Phi) is 0.809. The number of amides is 1. The van der Waals surface area contributed by atoms with Gasteiger partial charge in [0.1, 0.15) is 0 Å². The number of nitrogens with one attached hydrogen (secondary N) is 1. The van der Waals surface area contributed by atoms with Gasteiger partial charge in [-0.25, -0.2) is 0 Å². The maximum absolute atomic E-state index is 11.4. The van der Waals surface area contributed by atoms with Gasteiger partial charge in [-0.3, -0.25) is 4.79 Å². The van der Waals surface area contributed by atoms with Gasteiger partial charge in [-0.1, -0.05) is 0 Å². The first kappa shape index (κ1) is 6.04. The standard InChI is InChI=1S/C9H13NO/c11-7-9(3-4-9)5-8(1-2-8)6-10-7/h1-6H2,(H,10,11). The Morgan fingerprint density at radius 3 is 2.45 bits per heavy atom. The molecule has 1 aliphatic heterocycles. The van der Waals surface area contributed by atoms with E-state index in [4.69, 9.17) is 0 Å². The van der Waals surface area contributed by atoms with E-state index in [1.807, 2.05) is 0 Å². The first-order chi connectivity index (χ1) is 5.25. The van der Waals surface area contributed by atoms with Gasteiger partial charge in [0.2, 0.25) is 5.91 Å². The predicted molar refractivity (Wildman–Crippen MR) is 41.0 cm³/mol. The molecular formula is C9H13NO. The van der Waals surface area contributed by atoms with Crippen LogP contribution in [0.4, 0.5) is 0 Å². The predicted octanol–water partition coefficient (Wildman–Crippen LogP) is 1.07. The second kappa shape index (κ2) is 1.47. The summed E-state index contributed by atoms with van der Waals surface area (Å²) in [5.41, 5.74) is 0.708. The maximum Gasteiger partial charge on any atom is 0.226 e. The summed E-state index contributed by atoms with van der Waals surface area (Å²) >= 11 is 0. The fourth-order valence-electron chi connectivity index (χ4n) is 2.40. The van der Waals surface area contributed by atoms with Crippen LogP contribution in [0.3, 0.4) is 0 Å². The first-order valence-corrected chi connectivity index (χ1v) is 4.53. The minimum Gasteiger partial charge on any atom is -0.355 e. The maximum atomic E-state index is 11.4. The largest absolute Gasteiger partial charge is 0.355 e. The van der Waals surface area contributed by atoms with Crippen molar-refractivity contribution in [1.29, 1.82) is 0 Å². The number of carbonyl (C=O) groups is 1. The molecule has 3 fully saturated rings. The molecule has 3 rings (SSSR count).